The Hall–Kier alpha value is -5.44. The largest absolute Gasteiger partial charge is 0.507 e. The highest BCUT2D eigenvalue weighted by Crippen LogP contribution is 2.53. The number of aromatic hydroxyl groups is 3. The van der Waals surface area contributed by atoms with Crippen molar-refractivity contribution in [1.29, 1.82) is 0 Å². The fourth-order valence-electron chi connectivity index (χ4n) is 6.55. The van der Waals surface area contributed by atoms with Crippen LogP contribution in [-0.4, -0.2) is 43.3 Å². The summed E-state index contributed by atoms with van der Waals surface area (Å²) < 4.78 is 17.8. The van der Waals surface area contributed by atoms with E-state index in [1.807, 2.05) is 13.0 Å². The van der Waals surface area contributed by atoms with Gasteiger partial charge in [0.05, 0.1) is 23.4 Å². The monoisotopic (exact) mass is 680 g/mol. The molecular formula is C39H40N2O9. The van der Waals surface area contributed by atoms with Crippen molar-refractivity contribution in [3.8, 4) is 41.3 Å². The minimum atomic E-state index is -1.65. The number of aliphatic hydroxyl groups excluding tert-OH is 2. The van der Waals surface area contributed by atoms with Gasteiger partial charge in [0.15, 0.2) is 11.5 Å². The van der Waals surface area contributed by atoms with Crippen LogP contribution in [0.4, 0.5) is 5.69 Å². The minimum absolute atomic E-state index is 0.0119. The fraction of sp³-hybridized carbons (Fsp3) is 0.333. The number of nitrogens with zero attached hydrogens (tertiary/aromatic N) is 1. The van der Waals surface area contributed by atoms with Crippen molar-refractivity contribution < 1.29 is 44.2 Å². The van der Waals surface area contributed by atoms with Crippen molar-refractivity contribution in [2.45, 2.75) is 65.6 Å². The molecule has 2 aliphatic heterocycles. The van der Waals surface area contributed by atoms with Crippen molar-refractivity contribution in [3.05, 3.63) is 82.5 Å². The van der Waals surface area contributed by atoms with Crippen molar-refractivity contribution in [2.75, 3.05) is 0 Å². The van der Waals surface area contributed by atoms with E-state index in [9.17, 15) is 30.3 Å². The molecule has 3 aliphatic rings. The van der Waals surface area contributed by atoms with E-state index in [0.29, 0.717) is 12.0 Å². The van der Waals surface area contributed by atoms with Gasteiger partial charge in [0.2, 0.25) is 5.75 Å². The second kappa shape index (κ2) is 13.8. The van der Waals surface area contributed by atoms with Gasteiger partial charge < -0.3 is 44.7 Å². The van der Waals surface area contributed by atoms with Crippen molar-refractivity contribution in [2.24, 2.45) is 22.7 Å². The first kappa shape index (κ1) is 34.4. The second-order valence-electron chi connectivity index (χ2n) is 13.1. The van der Waals surface area contributed by atoms with E-state index in [2.05, 4.69) is 23.2 Å². The summed E-state index contributed by atoms with van der Waals surface area (Å²) in [4.78, 5) is 18.2. The molecule has 6 rings (SSSR count). The third kappa shape index (κ3) is 6.12. The molecule has 5 atom stereocenters. The molecule has 11 heteroatoms. The molecule has 0 fully saturated rings. The van der Waals surface area contributed by atoms with Crippen LogP contribution >= 0.6 is 0 Å². The van der Waals surface area contributed by atoms with Gasteiger partial charge in [-0.25, -0.2) is 4.99 Å². The van der Waals surface area contributed by atoms with Gasteiger partial charge in [-0.1, -0.05) is 44.6 Å². The maximum absolute atomic E-state index is 13.5. The predicted molar refractivity (Wildman–Crippen MR) is 187 cm³/mol. The average Bonchev–Trinajstić information content (AvgIpc) is 3.42. The number of terminal acetylenes is 1. The summed E-state index contributed by atoms with van der Waals surface area (Å²) in [6.07, 6.45) is 14.6. The summed E-state index contributed by atoms with van der Waals surface area (Å²) in [5.41, 5.74) is 0.520. The first-order chi connectivity index (χ1) is 23.9. The molecule has 260 valence electrons. The maximum Gasteiger partial charge on any atom is 0.334 e. The highest BCUT2D eigenvalue weighted by atomic mass is 16.6. The third-order valence-electron chi connectivity index (χ3n) is 9.56. The predicted octanol–water partition coefficient (Wildman–Crippen LogP) is 6.60. The summed E-state index contributed by atoms with van der Waals surface area (Å²) in [6.45, 7) is 7.21. The van der Waals surface area contributed by atoms with Gasteiger partial charge >= 0.3 is 5.95 Å². The average molecular weight is 681 g/mol. The Morgan fingerprint density at radius 3 is 2.62 bits per heavy atom. The number of amides is 1. The van der Waals surface area contributed by atoms with E-state index in [0.717, 1.165) is 19.3 Å². The number of allylic oxidation sites excluding steroid dienone is 5. The second-order valence-corrected chi connectivity index (χ2v) is 13.1. The van der Waals surface area contributed by atoms with E-state index < -0.39 is 29.8 Å². The number of hydrogen-bond acceptors (Lipinski definition) is 10. The Morgan fingerprint density at radius 2 is 1.86 bits per heavy atom. The summed E-state index contributed by atoms with van der Waals surface area (Å²) in [7, 11) is 0. The number of para-hydroxylation sites is 1. The normalized spacial score (nSPS) is 25.5. The molecule has 50 heavy (non-hydrogen) atoms. The number of carbonyl (C=O) groups excluding carboxylic acids is 1. The lowest BCUT2D eigenvalue weighted by molar-refractivity contribution is -0.117. The fourth-order valence-corrected chi connectivity index (χ4v) is 6.55. The Bertz CT molecular complexity index is 2060. The number of aliphatic hydroxyl groups is 2. The number of carbonyl (C=O) groups is 1. The van der Waals surface area contributed by atoms with Crippen LogP contribution < -0.4 is 14.8 Å². The van der Waals surface area contributed by atoms with Gasteiger partial charge in [-0.05, 0) is 63.2 Å². The van der Waals surface area contributed by atoms with Gasteiger partial charge in [-0.2, -0.15) is 0 Å². The number of aliphatic imine (C=N–C) groups is 1. The minimum Gasteiger partial charge on any atom is -0.507 e. The summed E-state index contributed by atoms with van der Waals surface area (Å²) in [6, 6.07) is 4.55. The Morgan fingerprint density at radius 1 is 1.08 bits per heavy atom. The Balaban J connectivity index is 1.53. The number of aryl methyl sites for hydroxylation is 1. The Labute approximate surface area is 289 Å². The van der Waals surface area contributed by atoms with E-state index in [1.165, 1.54) is 19.3 Å². The van der Waals surface area contributed by atoms with Crippen LogP contribution in [0.25, 0.3) is 11.0 Å². The molecule has 6 N–H and O–H groups in total. The number of furan rings is 1. The number of nitrogens with one attached hydrogen (secondary N) is 1. The number of fused-ring (bicyclic) bond motifs is 4. The molecule has 3 aromatic rings. The third-order valence-corrected chi connectivity index (χ3v) is 9.56. The van der Waals surface area contributed by atoms with Crippen LogP contribution in [-0.2, 0) is 4.79 Å². The highest BCUT2D eigenvalue weighted by molar-refractivity contribution is 6.24. The van der Waals surface area contributed by atoms with Gasteiger partial charge in [0, 0.05) is 28.2 Å². The molecule has 0 saturated heterocycles. The molecular weight excluding hydrogens is 640 g/mol. The van der Waals surface area contributed by atoms with E-state index in [-0.39, 0.29) is 85.5 Å². The first-order valence-corrected chi connectivity index (χ1v) is 16.6. The van der Waals surface area contributed by atoms with Crippen LogP contribution in [0.1, 0.15) is 69.2 Å². The zero-order valence-corrected chi connectivity index (χ0v) is 28.2. The van der Waals surface area contributed by atoms with Crippen LogP contribution in [0.5, 0.6) is 28.9 Å². The molecule has 1 aliphatic carbocycles. The summed E-state index contributed by atoms with van der Waals surface area (Å²) in [5, 5.41) is 59.4. The Kier molecular flexibility index (Phi) is 9.51. The molecule has 5 unspecified atom stereocenters. The molecule has 1 amide bonds. The van der Waals surface area contributed by atoms with Gasteiger partial charge in [0.1, 0.15) is 34.6 Å². The summed E-state index contributed by atoms with van der Waals surface area (Å²) >= 11 is 0. The van der Waals surface area contributed by atoms with Crippen LogP contribution in [0.3, 0.4) is 0 Å². The molecule has 0 saturated carbocycles. The van der Waals surface area contributed by atoms with Crippen LogP contribution in [0.15, 0.2) is 75.2 Å². The lowest BCUT2D eigenvalue weighted by Gasteiger charge is -2.32. The van der Waals surface area contributed by atoms with E-state index in [1.54, 1.807) is 37.3 Å². The first-order valence-electron chi connectivity index (χ1n) is 16.6. The molecule has 5 bridgehead atoms. The van der Waals surface area contributed by atoms with Crippen molar-refractivity contribution in [3.63, 3.8) is 0 Å². The number of phenols is 2. The summed E-state index contributed by atoms with van der Waals surface area (Å²) in [5.74, 6) is 0.583. The van der Waals surface area contributed by atoms with Crippen LogP contribution in [0, 0.1) is 37.0 Å². The molecule has 3 heterocycles. The number of phenolic OH excluding ortho intramolecular Hbond substituents is 2. The number of hydrogen-bond donors (Lipinski definition) is 6. The quantitative estimate of drug-likeness (QED) is 0.143. The zero-order valence-electron chi connectivity index (χ0n) is 28.2. The number of ether oxygens (including phenoxy) is 2. The van der Waals surface area contributed by atoms with Crippen LogP contribution in [0.2, 0.25) is 0 Å². The lowest BCUT2D eigenvalue weighted by atomic mass is 9.84. The molecule has 2 aromatic carbocycles. The smallest absolute Gasteiger partial charge is 0.334 e. The molecule has 11 nitrogen and oxygen atoms in total. The number of rotatable bonds is 0. The maximum atomic E-state index is 13.5. The standard InChI is InChI=1S/C39H40N2O9/c1-6-23-15-10-18-48-39-35(46)28-26-27(33(44)22(5)36(28)50-39)34(45)31(37-30(26)40-29-24(42)16-9-17-25(29)49-37)41-38(47)21(4)14-8-12-19(2)11-7-13-20(3)32(23)43/h1,8-10,12,14,16-20,23,32,34,42-46H,7,11,13,15H2,2-5H3,(H,41,47)/b12-8?,18-10?,21-14-. The van der Waals surface area contributed by atoms with E-state index >= 15 is 0 Å². The SMILES string of the molecule is C#CC1CC=COc2oc3c(C)c(O)c4c(c3c2O)C2=Nc3c(O)cccc3OC2=C(NC(=O)/C(C)=C\C=CC(C)CCCC(C)C1O)C4O. The molecule has 0 spiro atoms. The van der Waals surface area contributed by atoms with Crippen molar-refractivity contribution in [1.82, 2.24) is 5.32 Å². The highest BCUT2D eigenvalue weighted by Gasteiger charge is 2.42. The zero-order chi connectivity index (χ0) is 35.9. The molecule has 0 radical (unpaired) electrons. The van der Waals surface area contributed by atoms with E-state index in [4.69, 9.17) is 20.3 Å². The number of benzene rings is 2. The van der Waals surface area contributed by atoms with Crippen molar-refractivity contribution >= 4 is 28.3 Å². The van der Waals surface area contributed by atoms with Gasteiger partial charge in [-0.15, -0.1) is 12.3 Å². The lowest BCUT2D eigenvalue weighted by Crippen LogP contribution is -2.36. The topological polar surface area (TPSA) is 174 Å². The molecule has 1 aromatic heterocycles. The van der Waals surface area contributed by atoms with Gasteiger partial charge in [-0.3, -0.25) is 4.79 Å². The van der Waals surface area contributed by atoms with Gasteiger partial charge in [0.25, 0.3) is 5.91 Å².